The summed E-state index contributed by atoms with van der Waals surface area (Å²) in [4.78, 5) is 41.9. The Morgan fingerprint density at radius 2 is 1.76 bits per heavy atom. The molecule has 0 bridgehead atoms. The van der Waals surface area contributed by atoms with Gasteiger partial charge in [-0.3, -0.25) is 14.9 Å². The molecule has 0 amide bonds. The number of hydrogen-bond donors (Lipinski definition) is 1. The van der Waals surface area contributed by atoms with E-state index in [2.05, 4.69) is 4.98 Å². The van der Waals surface area contributed by atoms with Crippen molar-refractivity contribution in [3.05, 3.63) is 68.0 Å². The molecular weight excluding hydrogens is 465 g/mol. The fraction of sp³-hybridized carbons (Fsp3) is 0.250. The predicted octanol–water partition coefficient (Wildman–Crippen LogP) is 3.61. The summed E-state index contributed by atoms with van der Waals surface area (Å²) in [5.41, 5.74) is -2.38. The van der Waals surface area contributed by atoms with E-state index in [1.165, 1.54) is 6.07 Å². The molecule has 0 unspecified atom stereocenters. The molecule has 2 aromatic carbocycles. The maximum Gasteiger partial charge on any atom is 0.416 e. The Balaban J connectivity index is 1.67. The monoisotopic (exact) mass is 480 g/mol. The van der Waals surface area contributed by atoms with Gasteiger partial charge in [0.05, 0.1) is 27.1 Å². The maximum atomic E-state index is 13.1. The Kier molecular flexibility index (Phi) is 5.66. The molecule has 172 valence electrons. The van der Waals surface area contributed by atoms with Gasteiger partial charge in [0.25, 0.3) is 11.2 Å². The second-order valence-corrected chi connectivity index (χ2v) is 8.20. The number of hydrogen-bond acceptors (Lipinski definition) is 8. The SMILES string of the molecule is O=C(O)c1ccccc1N1CCN(c2nc(=O)c3cc(C(F)(F)F)cc([N+](=O)[O-])c3s2)CC1. The van der Waals surface area contributed by atoms with E-state index in [4.69, 9.17) is 0 Å². The summed E-state index contributed by atoms with van der Waals surface area (Å²) in [7, 11) is 0. The van der Waals surface area contributed by atoms with Crippen molar-refractivity contribution >= 4 is 43.9 Å². The van der Waals surface area contributed by atoms with Gasteiger partial charge in [-0.1, -0.05) is 23.5 Å². The summed E-state index contributed by atoms with van der Waals surface area (Å²) in [5, 5.41) is 20.5. The molecule has 0 aliphatic carbocycles. The van der Waals surface area contributed by atoms with Crippen molar-refractivity contribution in [2.75, 3.05) is 36.0 Å². The Labute approximate surface area is 187 Å². The molecule has 1 aliphatic heterocycles. The third-order valence-corrected chi connectivity index (χ3v) is 6.40. The summed E-state index contributed by atoms with van der Waals surface area (Å²) in [6.07, 6.45) is -4.85. The van der Waals surface area contributed by atoms with E-state index in [-0.39, 0.29) is 15.4 Å². The predicted molar refractivity (Wildman–Crippen MR) is 115 cm³/mol. The molecule has 33 heavy (non-hydrogen) atoms. The summed E-state index contributed by atoms with van der Waals surface area (Å²) < 4.78 is 39.2. The number of carboxylic acid groups (broad SMARTS) is 1. The first-order chi connectivity index (χ1) is 15.6. The number of piperazine rings is 1. The van der Waals surface area contributed by atoms with Crippen molar-refractivity contribution in [2.45, 2.75) is 6.18 Å². The summed E-state index contributed by atoms with van der Waals surface area (Å²) in [6, 6.07) is 7.53. The van der Waals surface area contributed by atoms with Crippen LogP contribution < -0.4 is 15.4 Å². The van der Waals surface area contributed by atoms with E-state index < -0.39 is 39.3 Å². The number of anilines is 2. The van der Waals surface area contributed by atoms with Gasteiger partial charge in [0, 0.05) is 32.2 Å². The lowest BCUT2D eigenvalue weighted by molar-refractivity contribution is -0.383. The fourth-order valence-electron chi connectivity index (χ4n) is 3.64. The number of nitrogens with zero attached hydrogens (tertiary/aromatic N) is 4. The van der Waals surface area contributed by atoms with Crippen LogP contribution in [0.5, 0.6) is 0 Å². The third kappa shape index (κ3) is 4.31. The molecule has 9 nitrogen and oxygen atoms in total. The second kappa shape index (κ2) is 8.31. The average molecular weight is 480 g/mol. The van der Waals surface area contributed by atoms with Gasteiger partial charge in [0.2, 0.25) is 0 Å². The molecule has 0 saturated carbocycles. The van der Waals surface area contributed by atoms with Gasteiger partial charge < -0.3 is 14.9 Å². The quantitative estimate of drug-likeness (QED) is 0.445. The zero-order valence-electron chi connectivity index (χ0n) is 16.7. The number of rotatable bonds is 4. The van der Waals surface area contributed by atoms with E-state index in [1.54, 1.807) is 23.1 Å². The Bertz CT molecular complexity index is 1320. The molecule has 4 rings (SSSR count). The number of fused-ring (bicyclic) bond motifs is 1. The first-order valence-corrected chi connectivity index (χ1v) is 10.4. The van der Waals surface area contributed by atoms with Crippen LogP contribution in [0.3, 0.4) is 0 Å². The number of aromatic carboxylic acids is 1. The van der Waals surface area contributed by atoms with E-state index in [0.29, 0.717) is 44.0 Å². The van der Waals surface area contributed by atoms with Gasteiger partial charge in [-0.2, -0.15) is 18.2 Å². The zero-order chi connectivity index (χ0) is 23.9. The zero-order valence-corrected chi connectivity index (χ0v) is 17.5. The molecule has 0 atom stereocenters. The minimum Gasteiger partial charge on any atom is -0.478 e. The van der Waals surface area contributed by atoms with Gasteiger partial charge in [-0.15, -0.1) is 0 Å². The molecular formula is C20H15F3N4O5S. The van der Waals surface area contributed by atoms with Gasteiger partial charge in [-0.25, -0.2) is 4.79 Å². The van der Waals surface area contributed by atoms with Crippen LogP contribution in [0.15, 0.2) is 41.2 Å². The summed E-state index contributed by atoms with van der Waals surface area (Å²) >= 11 is 0.780. The molecule has 1 aromatic heterocycles. The minimum atomic E-state index is -4.85. The van der Waals surface area contributed by atoms with Crippen LogP contribution in [-0.4, -0.2) is 47.2 Å². The number of carboxylic acids is 1. The van der Waals surface area contributed by atoms with Crippen molar-refractivity contribution in [2.24, 2.45) is 0 Å². The number of nitro groups is 1. The number of alkyl halides is 3. The molecule has 13 heteroatoms. The van der Waals surface area contributed by atoms with Crippen LogP contribution in [0.4, 0.5) is 29.7 Å². The van der Waals surface area contributed by atoms with Crippen molar-refractivity contribution in [1.29, 1.82) is 0 Å². The van der Waals surface area contributed by atoms with Crippen LogP contribution in [0.25, 0.3) is 10.1 Å². The standard InChI is InChI=1S/C20H15F3N4O5S/c21-20(22,23)11-9-13-16(15(10-11)27(31)32)33-19(24-17(13)28)26-7-5-25(6-8-26)14-4-2-1-3-12(14)18(29)30/h1-4,9-10H,5-8H2,(H,29,30). The third-order valence-electron chi connectivity index (χ3n) is 5.24. The van der Waals surface area contributed by atoms with Gasteiger partial charge in [0.1, 0.15) is 4.70 Å². The largest absolute Gasteiger partial charge is 0.478 e. The van der Waals surface area contributed by atoms with Crippen molar-refractivity contribution in [1.82, 2.24) is 4.98 Å². The maximum absolute atomic E-state index is 13.1. The van der Waals surface area contributed by atoms with Crippen LogP contribution in [0.2, 0.25) is 0 Å². The lowest BCUT2D eigenvalue weighted by Crippen LogP contribution is -2.47. The van der Waals surface area contributed by atoms with Gasteiger partial charge in [-0.05, 0) is 18.2 Å². The number of non-ortho nitro benzene ring substituents is 1. The minimum absolute atomic E-state index is 0.149. The van der Waals surface area contributed by atoms with E-state index in [1.807, 2.05) is 4.90 Å². The Hall–Kier alpha value is -3.74. The molecule has 1 N–H and O–H groups in total. The number of carbonyl (C=O) groups is 1. The topological polar surface area (TPSA) is 117 Å². The lowest BCUT2D eigenvalue weighted by Gasteiger charge is -2.36. The smallest absolute Gasteiger partial charge is 0.416 e. The number of halogens is 3. The van der Waals surface area contributed by atoms with Crippen LogP contribution in [0.1, 0.15) is 15.9 Å². The fourth-order valence-corrected chi connectivity index (χ4v) is 4.76. The summed E-state index contributed by atoms with van der Waals surface area (Å²) in [5.74, 6) is -1.06. The molecule has 1 saturated heterocycles. The lowest BCUT2D eigenvalue weighted by atomic mass is 10.1. The average Bonchev–Trinajstić information content (AvgIpc) is 2.77. The Morgan fingerprint density at radius 3 is 2.36 bits per heavy atom. The molecule has 1 fully saturated rings. The first kappa shape index (κ1) is 22.5. The number of nitro benzene ring substituents is 1. The second-order valence-electron chi connectivity index (χ2n) is 7.22. The number of para-hydroxylation sites is 1. The first-order valence-electron chi connectivity index (χ1n) is 9.59. The number of aromatic nitrogens is 1. The van der Waals surface area contributed by atoms with E-state index in [0.717, 1.165) is 11.3 Å². The summed E-state index contributed by atoms with van der Waals surface area (Å²) in [6.45, 7) is 1.44. The van der Waals surface area contributed by atoms with Gasteiger partial charge in [0.15, 0.2) is 5.13 Å². The van der Waals surface area contributed by atoms with Gasteiger partial charge >= 0.3 is 12.1 Å². The molecule has 0 radical (unpaired) electrons. The molecule has 1 aliphatic rings. The Morgan fingerprint density at radius 1 is 1.12 bits per heavy atom. The number of benzene rings is 2. The molecule has 0 spiro atoms. The van der Waals surface area contributed by atoms with Crippen LogP contribution >= 0.6 is 11.3 Å². The van der Waals surface area contributed by atoms with Crippen molar-refractivity contribution in [3.8, 4) is 0 Å². The van der Waals surface area contributed by atoms with E-state index in [9.17, 15) is 38.0 Å². The molecule has 3 aromatic rings. The normalized spacial score (nSPS) is 14.5. The highest BCUT2D eigenvalue weighted by Crippen LogP contribution is 2.38. The highest BCUT2D eigenvalue weighted by Gasteiger charge is 2.34. The molecule has 2 heterocycles. The van der Waals surface area contributed by atoms with Crippen molar-refractivity contribution < 1.29 is 28.0 Å². The highest BCUT2D eigenvalue weighted by molar-refractivity contribution is 7.22. The van der Waals surface area contributed by atoms with Crippen molar-refractivity contribution in [3.63, 3.8) is 0 Å². The highest BCUT2D eigenvalue weighted by atomic mass is 32.1. The van der Waals surface area contributed by atoms with Crippen LogP contribution in [-0.2, 0) is 6.18 Å². The van der Waals surface area contributed by atoms with Crippen LogP contribution in [0, 0.1) is 10.1 Å². The van der Waals surface area contributed by atoms with E-state index >= 15 is 0 Å².